The van der Waals surface area contributed by atoms with Crippen LogP contribution in [0.15, 0.2) is 46.9 Å². The van der Waals surface area contributed by atoms with Crippen LogP contribution in [-0.4, -0.2) is 50.5 Å². The molecule has 0 saturated heterocycles. The SMILES string of the molecule is CCCNC(=O)[C@@H](C)N(Cc1ccc(Br)cc1)C(=O)CCCN(c1ccc(F)c(F)c1)S(C)(=O)=O. The minimum absolute atomic E-state index is 0.0297. The number of hydrogen-bond donors (Lipinski definition) is 1. The van der Waals surface area contributed by atoms with Gasteiger partial charge in [-0.1, -0.05) is 35.0 Å². The quantitative estimate of drug-likeness (QED) is 0.412. The largest absolute Gasteiger partial charge is 0.354 e. The molecule has 0 aromatic heterocycles. The second-order valence-electron chi connectivity index (χ2n) is 8.15. The van der Waals surface area contributed by atoms with E-state index in [1.807, 2.05) is 31.2 Å². The summed E-state index contributed by atoms with van der Waals surface area (Å²) in [6.07, 6.45) is 1.78. The van der Waals surface area contributed by atoms with Crippen molar-refractivity contribution in [2.24, 2.45) is 0 Å². The summed E-state index contributed by atoms with van der Waals surface area (Å²) in [5.41, 5.74) is 0.800. The lowest BCUT2D eigenvalue weighted by molar-refractivity contribution is -0.140. The predicted molar refractivity (Wildman–Crippen MR) is 135 cm³/mol. The van der Waals surface area contributed by atoms with Crippen molar-refractivity contribution < 1.29 is 26.8 Å². The number of carbonyl (C=O) groups is 2. The highest BCUT2D eigenvalue weighted by Gasteiger charge is 2.26. The van der Waals surface area contributed by atoms with Crippen molar-refractivity contribution in [3.63, 3.8) is 0 Å². The highest BCUT2D eigenvalue weighted by molar-refractivity contribution is 9.10. The fraction of sp³-hybridized carbons (Fsp3) is 0.417. The van der Waals surface area contributed by atoms with Gasteiger partial charge in [0.15, 0.2) is 11.6 Å². The highest BCUT2D eigenvalue weighted by atomic mass is 79.9. The maximum absolute atomic E-state index is 13.7. The summed E-state index contributed by atoms with van der Waals surface area (Å²) in [6, 6.07) is 9.45. The molecule has 2 aromatic rings. The van der Waals surface area contributed by atoms with Gasteiger partial charge in [0.25, 0.3) is 0 Å². The van der Waals surface area contributed by atoms with Crippen LogP contribution in [0, 0.1) is 11.6 Å². The Labute approximate surface area is 213 Å². The number of hydrogen-bond acceptors (Lipinski definition) is 4. The molecule has 2 aromatic carbocycles. The van der Waals surface area contributed by atoms with Gasteiger partial charge in [-0.2, -0.15) is 0 Å². The Morgan fingerprint density at radius 1 is 1.09 bits per heavy atom. The first kappa shape index (κ1) is 28.7. The van der Waals surface area contributed by atoms with Crippen LogP contribution in [0.3, 0.4) is 0 Å². The number of rotatable bonds is 12. The van der Waals surface area contributed by atoms with E-state index in [1.165, 1.54) is 11.0 Å². The second kappa shape index (κ2) is 13.0. The molecule has 0 aliphatic rings. The maximum Gasteiger partial charge on any atom is 0.242 e. The molecular formula is C24H30BrF2N3O4S. The van der Waals surface area contributed by atoms with E-state index in [1.54, 1.807) is 6.92 Å². The molecule has 1 atom stereocenters. The molecule has 0 aliphatic carbocycles. The van der Waals surface area contributed by atoms with E-state index < -0.39 is 27.7 Å². The molecule has 192 valence electrons. The molecule has 0 bridgehead atoms. The molecule has 0 unspecified atom stereocenters. The number of halogens is 3. The van der Waals surface area contributed by atoms with E-state index in [4.69, 9.17) is 0 Å². The molecule has 0 fully saturated rings. The van der Waals surface area contributed by atoms with Crippen molar-refractivity contribution in [2.45, 2.75) is 45.7 Å². The van der Waals surface area contributed by atoms with Crippen LogP contribution < -0.4 is 9.62 Å². The third kappa shape index (κ3) is 8.57. The van der Waals surface area contributed by atoms with E-state index in [0.29, 0.717) is 6.54 Å². The molecule has 2 rings (SSSR count). The molecule has 11 heteroatoms. The number of benzene rings is 2. The molecular weight excluding hydrogens is 544 g/mol. The van der Waals surface area contributed by atoms with Gasteiger partial charge in [-0.15, -0.1) is 0 Å². The summed E-state index contributed by atoms with van der Waals surface area (Å²) in [6.45, 7) is 4.15. The zero-order valence-corrected chi connectivity index (χ0v) is 22.3. The van der Waals surface area contributed by atoms with Gasteiger partial charge >= 0.3 is 0 Å². The molecule has 7 nitrogen and oxygen atoms in total. The summed E-state index contributed by atoms with van der Waals surface area (Å²) in [7, 11) is -3.81. The van der Waals surface area contributed by atoms with Crippen LogP contribution in [0.1, 0.15) is 38.7 Å². The number of carbonyl (C=O) groups excluding carboxylic acids is 2. The number of nitrogens with zero attached hydrogens (tertiary/aromatic N) is 2. The van der Waals surface area contributed by atoms with Gasteiger partial charge in [0, 0.05) is 36.6 Å². The maximum atomic E-state index is 13.7. The normalized spacial score (nSPS) is 12.2. The van der Waals surface area contributed by atoms with Crippen molar-refractivity contribution in [3.8, 4) is 0 Å². The van der Waals surface area contributed by atoms with Crippen LogP contribution in [-0.2, 0) is 26.2 Å². The lowest BCUT2D eigenvalue weighted by Gasteiger charge is -2.29. The predicted octanol–water partition coefficient (Wildman–Crippen LogP) is 4.22. The molecule has 0 radical (unpaired) electrons. The van der Waals surface area contributed by atoms with Crippen LogP contribution in [0.2, 0.25) is 0 Å². The zero-order chi connectivity index (χ0) is 26.2. The Kier molecular flexibility index (Phi) is 10.6. The van der Waals surface area contributed by atoms with Crippen molar-refractivity contribution in [1.82, 2.24) is 10.2 Å². The third-order valence-electron chi connectivity index (χ3n) is 5.33. The third-order valence-corrected chi connectivity index (χ3v) is 7.05. The van der Waals surface area contributed by atoms with Gasteiger partial charge in [-0.05, 0) is 49.6 Å². The smallest absolute Gasteiger partial charge is 0.242 e. The first-order valence-electron chi connectivity index (χ1n) is 11.2. The second-order valence-corrected chi connectivity index (χ2v) is 11.0. The van der Waals surface area contributed by atoms with Gasteiger partial charge in [0.2, 0.25) is 21.8 Å². The highest BCUT2D eigenvalue weighted by Crippen LogP contribution is 2.22. The van der Waals surface area contributed by atoms with Gasteiger partial charge in [-0.25, -0.2) is 17.2 Å². The first-order valence-corrected chi connectivity index (χ1v) is 13.8. The van der Waals surface area contributed by atoms with Crippen LogP contribution in [0.4, 0.5) is 14.5 Å². The van der Waals surface area contributed by atoms with Crippen molar-refractivity contribution in [2.75, 3.05) is 23.7 Å². The summed E-state index contributed by atoms with van der Waals surface area (Å²) in [4.78, 5) is 27.2. The van der Waals surface area contributed by atoms with Crippen molar-refractivity contribution >= 4 is 43.5 Å². The Bertz CT molecular complexity index is 1130. The molecule has 2 amide bonds. The lowest BCUT2D eigenvalue weighted by Crippen LogP contribution is -2.47. The van der Waals surface area contributed by atoms with Crippen LogP contribution in [0.5, 0.6) is 0 Å². The van der Waals surface area contributed by atoms with E-state index in [0.717, 1.165) is 39.2 Å². The van der Waals surface area contributed by atoms with Gasteiger partial charge in [0.05, 0.1) is 11.9 Å². The minimum atomic E-state index is -3.81. The summed E-state index contributed by atoms with van der Waals surface area (Å²) < 4.78 is 53.3. The van der Waals surface area contributed by atoms with Gasteiger partial charge < -0.3 is 10.2 Å². The first-order chi connectivity index (χ1) is 16.4. The monoisotopic (exact) mass is 573 g/mol. The van der Waals surface area contributed by atoms with E-state index in [-0.39, 0.29) is 43.4 Å². The fourth-order valence-electron chi connectivity index (χ4n) is 3.41. The lowest BCUT2D eigenvalue weighted by atomic mass is 10.1. The number of nitrogens with one attached hydrogen (secondary N) is 1. The van der Waals surface area contributed by atoms with Gasteiger partial charge in [-0.3, -0.25) is 13.9 Å². The number of sulfonamides is 1. The van der Waals surface area contributed by atoms with Gasteiger partial charge in [0.1, 0.15) is 6.04 Å². The minimum Gasteiger partial charge on any atom is -0.354 e. The topological polar surface area (TPSA) is 86.8 Å². The average molecular weight is 574 g/mol. The fourth-order valence-corrected chi connectivity index (χ4v) is 4.63. The van der Waals surface area contributed by atoms with Crippen LogP contribution >= 0.6 is 15.9 Å². The number of amides is 2. The van der Waals surface area contributed by atoms with E-state index in [9.17, 15) is 26.8 Å². The van der Waals surface area contributed by atoms with Crippen molar-refractivity contribution in [3.05, 3.63) is 64.1 Å². The Balaban J connectivity index is 2.16. The number of anilines is 1. The van der Waals surface area contributed by atoms with E-state index >= 15 is 0 Å². The average Bonchev–Trinajstić information content (AvgIpc) is 2.80. The molecule has 0 spiro atoms. The molecule has 0 saturated carbocycles. The van der Waals surface area contributed by atoms with Crippen molar-refractivity contribution in [1.29, 1.82) is 0 Å². The molecule has 35 heavy (non-hydrogen) atoms. The molecule has 0 aliphatic heterocycles. The Hall–Kier alpha value is -2.53. The summed E-state index contributed by atoms with van der Waals surface area (Å²) >= 11 is 3.37. The zero-order valence-electron chi connectivity index (χ0n) is 19.9. The van der Waals surface area contributed by atoms with E-state index in [2.05, 4.69) is 21.2 Å². The summed E-state index contributed by atoms with van der Waals surface area (Å²) in [5, 5.41) is 2.79. The Morgan fingerprint density at radius 2 is 1.74 bits per heavy atom. The standard InChI is InChI=1S/C24H30BrF2N3O4S/c1-4-13-28-24(32)17(2)29(16-18-7-9-19(25)10-8-18)23(31)6-5-14-30(35(3,33)34)20-11-12-21(26)22(27)15-20/h7-12,15,17H,4-6,13-14,16H2,1-3H3,(H,28,32)/t17-/m1/s1. The summed E-state index contributed by atoms with van der Waals surface area (Å²) in [5.74, 6) is -2.86. The molecule has 1 N–H and O–H groups in total. The Morgan fingerprint density at radius 3 is 2.31 bits per heavy atom. The van der Waals surface area contributed by atoms with Crippen LogP contribution in [0.25, 0.3) is 0 Å². The molecule has 0 heterocycles.